The lowest BCUT2D eigenvalue weighted by molar-refractivity contribution is 0.537. The minimum Gasteiger partial charge on any atom is -0.330 e. The molecule has 72 valence electrons. The monoisotopic (exact) mass is 215 g/mol. The van der Waals surface area contributed by atoms with Gasteiger partial charge in [0.2, 0.25) is 0 Å². The van der Waals surface area contributed by atoms with Gasteiger partial charge in [0.05, 0.1) is 0 Å². The molecule has 1 aromatic rings. The van der Waals surface area contributed by atoms with Gasteiger partial charge in [-0.2, -0.15) is 4.37 Å². The molecule has 1 aliphatic rings. The Morgan fingerprint density at radius 1 is 1.62 bits per heavy atom. The molecule has 1 fully saturated rings. The highest BCUT2D eigenvalue weighted by Crippen LogP contribution is 2.51. The summed E-state index contributed by atoms with van der Waals surface area (Å²) in [4.78, 5) is 4.15. The van der Waals surface area contributed by atoms with E-state index in [4.69, 9.17) is 5.73 Å². The summed E-state index contributed by atoms with van der Waals surface area (Å²) in [5.41, 5.74) is 6.12. The van der Waals surface area contributed by atoms with Gasteiger partial charge < -0.3 is 5.73 Å². The maximum atomic E-state index is 5.57. The Bertz CT molecular complexity index is 256. The SMILES string of the molecule is NCCC1(CSc2ncns2)CC1. The molecule has 0 spiro atoms. The molecule has 1 heterocycles. The van der Waals surface area contributed by atoms with Gasteiger partial charge in [0.25, 0.3) is 0 Å². The van der Waals surface area contributed by atoms with E-state index >= 15 is 0 Å². The molecule has 2 N–H and O–H groups in total. The minimum absolute atomic E-state index is 0.547. The number of nitrogens with zero attached hydrogens (tertiary/aromatic N) is 2. The number of hydrogen-bond donors (Lipinski definition) is 1. The smallest absolute Gasteiger partial charge is 0.169 e. The van der Waals surface area contributed by atoms with Crippen LogP contribution in [-0.4, -0.2) is 21.7 Å². The van der Waals surface area contributed by atoms with Gasteiger partial charge in [0.1, 0.15) is 6.33 Å². The summed E-state index contributed by atoms with van der Waals surface area (Å²) in [5, 5.41) is 0. The van der Waals surface area contributed by atoms with E-state index < -0.39 is 0 Å². The first kappa shape index (κ1) is 9.43. The van der Waals surface area contributed by atoms with Crippen molar-refractivity contribution in [1.29, 1.82) is 0 Å². The molecule has 1 aliphatic carbocycles. The Morgan fingerprint density at radius 2 is 2.46 bits per heavy atom. The summed E-state index contributed by atoms with van der Waals surface area (Å²) < 4.78 is 5.06. The topological polar surface area (TPSA) is 51.8 Å². The van der Waals surface area contributed by atoms with E-state index in [1.54, 1.807) is 6.33 Å². The maximum absolute atomic E-state index is 5.57. The fourth-order valence-corrected chi connectivity index (χ4v) is 3.17. The van der Waals surface area contributed by atoms with E-state index in [1.165, 1.54) is 36.5 Å². The number of rotatable bonds is 5. The molecule has 0 radical (unpaired) electrons. The van der Waals surface area contributed by atoms with Crippen LogP contribution >= 0.6 is 23.3 Å². The van der Waals surface area contributed by atoms with Gasteiger partial charge in [0, 0.05) is 5.75 Å². The van der Waals surface area contributed by atoms with Crippen molar-refractivity contribution in [1.82, 2.24) is 9.36 Å². The molecule has 0 atom stereocenters. The van der Waals surface area contributed by atoms with Gasteiger partial charge in [-0.3, -0.25) is 0 Å². The van der Waals surface area contributed by atoms with Crippen molar-refractivity contribution in [2.75, 3.05) is 12.3 Å². The van der Waals surface area contributed by atoms with Crippen molar-refractivity contribution >= 4 is 23.3 Å². The van der Waals surface area contributed by atoms with Crippen molar-refractivity contribution < 1.29 is 0 Å². The predicted octanol–water partition coefficient (Wildman–Crippen LogP) is 1.76. The summed E-state index contributed by atoms with van der Waals surface area (Å²) in [6.07, 6.45) is 5.47. The number of aromatic nitrogens is 2. The Hall–Kier alpha value is -0.130. The average Bonchev–Trinajstić information content (AvgIpc) is 2.71. The van der Waals surface area contributed by atoms with Crippen LogP contribution in [0, 0.1) is 5.41 Å². The van der Waals surface area contributed by atoms with E-state index in [9.17, 15) is 0 Å². The number of nitrogens with two attached hydrogens (primary N) is 1. The number of hydrogen-bond acceptors (Lipinski definition) is 5. The largest absolute Gasteiger partial charge is 0.330 e. The Morgan fingerprint density at radius 3 is 3.00 bits per heavy atom. The normalized spacial score (nSPS) is 18.8. The van der Waals surface area contributed by atoms with Crippen molar-refractivity contribution in [3.63, 3.8) is 0 Å². The Kier molecular flexibility index (Phi) is 2.86. The lowest BCUT2D eigenvalue weighted by Gasteiger charge is -2.10. The third-order valence-corrected chi connectivity index (χ3v) is 4.62. The third kappa shape index (κ3) is 2.42. The van der Waals surface area contributed by atoms with Gasteiger partial charge in [0.15, 0.2) is 4.34 Å². The quantitative estimate of drug-likeness (QED) is 0.760. The van der Waals surface area contributed by atoms with Crippen LogP contribution in [-0.2, 0) is 0 Å². The second-order valence-electron chi connectivity index (χ2n) is 3.53. The van der Waals surface area contributed by atoms with Gasteiger partial charge in [-0.1, -0.05) is 11.8 Å². The zero-order valence-electron chi connectivity index (χ0n) is 7.40. The van der Waals surface area contributed by atoms with Crippen LogP contribution in [0.2, 0.25) is 0 Å². The van der Waals surface area contributed by atoms with Crippen LogP contribution in [0.15, 0.2) is 10.7 Å². The highest BCUT2D eigenvalue weighted by atomic mass is 32.2. The first-order valence-electron chi connectivity index (χ1n) is 4.44. The predicted molar refractivity (Wildman–Crippen MR) is 56.0 cm³/mol. The molecule has 2 rings (SSSR count). The fraction of sp³-hybridized carbons (Fsp3) is 0.750. The van der Waals surface area contributed by atoms with E-state index in [0.717, 1.165) is 10.9 Å². The molecule has 3 nitrogen and oxygen atoms in total. The second-order valence-corrected chi connectivity index (χ2v) is 5.54. The first-order valence-corrected chi connectivity index (χ1v) is 6.20. The molecule has 5 heteroatoms. The van der Waals surface area contributed by atoms with E-state index in [-0.39, 0.29) is 0 Å². The first-order chi connectivity index (χ1) is 6.35. The highest BCUT2D eigenvalue weighted by molar-refractivity contribution is 8.00. The molecule has 13 heavy (non-hydrogen) atoms. The van der Waals surface area contributed by atoms with Crippen molar-refractivity contribution in [2.24, 2.45) is 11.1 Å². The van der Waals surface area contributed by atoms with E-state index in [0.29, 0.717) is 5.41 Å². The number of thioether (sulfide) groups is 1. The molecule has 0 aromatic carbocycles. The molecule has 0 bridgehead atoms. The lowest BCUT2D eigenvalue weighted by Crippen LogP contribution is -2.11. The summed E-state index contributed by atoms with van der Waals surface area (Å²) >= 11 is 3.31. The standard InChI is InChI=1S/C8H13N3S2/c9-4-3-8(1-2-8)5-12-7-10-6-11-13-7/h6H,1-5,9H2. The summed E-state index contributed by atoms with van der Waals surface area (Å²) in [7, 11) is 0. The molecule has 1 saturated carbocycles. The van der Waals surface area contributed by atoms with Crippen LogP contribution in [0.5, 0.6) is 0 Å². The molecular formula is C8H13N3S2. The van der Waals surface area contributed by atoms with Crippen molar-refractivity contribution in [2.45, 2.75) is 23.6 Å². The minimum atomic E-state index is 0.547. The average molecular weight is 215 g/mol. The van der Waals surface area contributed by atoms with E-state index in [1.807, 2.05) is 11.8 Å². The van der Waals surface area contributed by atoms with Crippen LogP contribution in [0.1, 0.15) is 19.3 Å². The summed E-state index contributed by atoms with van der Waals surface area (Å²) in [6.45, 7) is 0.816. The molecule has 0 saturated heterocycles. The molecular weight excluding hydrogens is 202 g/mol. The van der Waals surface area contributed by atoms with Crippen molar-refractivity contribution in [3.8, 4) is 0 Å². The third-order valence-electron chi connectivity index (χ3n) is 2.47. The zero-order chi connectivity index (χ0) is 9.15. The van der Waals surface area contributed by atoms with Gasteiger partial charge in [-0.25, -0.2) is 4.98 Å². The maximum Gasteiger partial charge on any atom is 0.169 e. The molecule has 0 amide bonds. The van der Waals surface area contributed by atoms with Crippen molar-refractivity contribution in [3.05, 3.63) is 6.33 Å². The molecule has 0 unspecified atom stereocenters. The molecule has 0 aliphatic heterocycles. The van der Waals surface area contributed by atoms with Crippen LogP contribution in [0.4, 0.5) is 0 Å². The van der Waals surface area contributed by atoms with Gasteiger partial charge in [-0.05, 0) is 42.8 Å². The Labute approximate surface area is 86.3 Å². The highest BCUT2D eigenvalue weighted by Gasteiger charge is 2.41. The van der Waals surface area contributed by atoms with Gasteiger partial charge in [-0.15, -0.1) is 0 Å². The summed E-state index contributed by atoms with van der Waals surface area (Å²) in [6, 6.07) is 0. The fourth-order valence-electron chi connectivity index (χ4n) is 1.39. The Balaban J connectivity index is 1.79. The zero-order valence-corrected chi connectivity index (χ0v) is 9.03. The van der Waals surface area contributed by atoms with Gasteiger partial charge >= 0.3 is 0 Å². The summed E-state index contributed by atoms with van der Waals surface area (Å²) in [5.74, 6) is 1.17. The lowest BCUT2D eigenvalue weighted by atomic mass is 10.1. The van der Waals surface area contributed by atoms with E-state index in [2.05, 4.69) is 9.36 Å². The molecule has 1 aromatic heterocycles. The second kappa shape index (κ2) is 3.94. The van der Waals surface area contributed by atoms with Crippen LogP contribution in [0.3, 0.4) is 0 Å². The van der Waals surface area contributed by atoms with Crippen LogP contribution < -0.4 is 5.73 Å². The van der Waals surface area contributed by atoms with Crippen LogP contribution in [0.25, 0.3) is 0 Å².